The Morgan fingerprint density at radius 2 is 2.31 bits per heavy atom. The quantitative estimate of drug-likeness (QED) is 0.587. The summed E-state index contributed by atoms with van der Waals surface area (Å²) in [6.07, 6.45) is 1.68. The summed E-state index contributed by atoms with van der Waals surface area (Å²) in [6.45, 7) is 2.86. The van der Waals surface area contributed by atoms with Crippen LogP contribution in [0.4, 0.5) is 0 Å². The Labute approximate surface area is 110 Å². The maximum absolute atomic E-state index is 11.0. The van der Waals surface area contributed by atoms with E-state index in [-0.39, 0.29) is 12.0 Å². The number of nitrogens with two attached hydrogens (primary N) is 1. The second kappa shape index (κ2) is 6.26. The molecule has 0 spiro atoms. The van der Waals surface area contributed by atoms with Crippen LogP contribution in [-0.2, 0) is 9.53 Å². The van der Waals surface area contributed by atoms with Crippen molar-refractivity contribution in [2.45, 2.75) is 35.8 Å². The first kappa shape index (κ1) is 14.3. The van der Waals surface area contributed by atoms with Crippen LogP contribution in [0, 0.1) is 0 Å². The van der Waals surface area contributed by atoms with Crippen LogP contribution in [0.5, 0.6) is 0 Å². The lowest BCUT2D eigenvalue weighted by Gasteiger charge is -2.23. The summed E-state index contributed by atoms with van der Waals surface area (Å²) in [6, 6.07) is 0. The highest BCUT2D eigenvalue weighted by Gasteiger charge is 2.37. The molecule has 1 heterocycles. The normalized spacial score (nSPS) is 23.1. The van der Waals surface area contributed by atoms with Gasteiger partial charge in [0.25, 0.3) is 3.79 Å². The molecule has 1 rings (SSSR count). The van der Waals surface area contributed by atoms with Gasteiger partial charge in [-0.25, -0.2) is 0 Å². The number of carbonyl (C=O) groups is 1. The minimum atomic E-state index is -1.52. The van der Waals surface area contributed by atoms with Crippen LogP contribution in [-0.4, -0.2) is 35.1 Å². The molecule has 2 atom stereocenters. The van der Waals surface area contributed by atoms with Gasteiger partial charge >= 0.3 is 0 Å². The van der Waals surface area contributed by atoms with Crippen LogP contribution >= 0.6 is 34.8 Å². The molecule has 0 aliphatic carbocycles. The first-order valence-electron chi connectivity index (χ1n) is 5.18. The molecule has 1 saturated heterocycles. The van der Waals surface area contributed by atoms with E-state index in [0.717, 1.165) is 19.4 Å². The van der Waals surface area contributed by atoms with Crippen molar-refractivity contribution in [2.24, 2.45) is 0 Å². The summed E-state index contributed by atoms with van der Waals surface area (Å²) >= 11 is 17.3. The third-order valence-corrected chi connectivity index (χ3v) is 3.08. The zero-order valence-corrected chi connectivity index (χ0v) is 11.3. The maximum Gasteiger partial charge on any atom is 0.262 e. The molecule has 4 nitrogen and oxygen atoms in total. The zero-order chi connectivity index (χ0) is 12.2. The molecular weight excluding hydrogens is 274 g/mol. The molecule has 1 aliphatic rings. The lowest BCUT2D eigenvalue weighted by Crippen LogP contribution is -2.97. The molecule has 1 aliphatic heterocycles. The Kier molecular flexibility index (Phi) is 5.61. The third-order valence-electron chi connectivity index (χ3n) is 2.37. The summed E-state index contributed by atoms with van der Waals surface area (Å²) in [4.78, 5) is 11.0. The van der Waals surface area contributed by atoms with E-state index in [4.69, 9.17) is 39.5 Å². The molecule has 7 heteroatoms. The molecular formula is C9H16Cl3N2O2+. The number of rotatable bonds is 4. The lowest BCUT2D eigenvalue weighted by atomic mass is 10.2. The van der Waals surface area contributed by atoms with Crippen molar-refractivity contribution in [1.82, 2.24) is 5.32 Å². The van der Waals surface area contributed by atoms with Gasteiger partial charge in [-0.15, -0.1) is 0 Å². The first-order chi connectivity index (χ1) is 7.39. The average Bonchev–Trinajstić information content (AvgIpc) is 2.62. The molecule has 0 bridgehead atoms. The first-order valence-corrected chi connectivity index (χ1v) is 6.31. The van der Waals surface area contributed by atoms with Crippen molar-refractivity contribution >= 4 is 40.7 Å². The number of ether oxygens (including phenoxy) is 1. The van der Waals surface area contributed by atoms with Gasteiger partial charge in [-0.3, -0.25) is 4.79 Å². The summed E-state index contributed by atoms with van der Waals surface area (Å²) < 4.78 is 3.92. The summed E-state index contributed by atoms with van der Waals surface area (Å²) in [7, 11) is 0. The zero-order valence-electron chi connectivity index (χ0n) is 9.01. The molecule has 0 aromatic carbocycles. The van der Waals surface area contributed by atoms with Crippen molar-refractivity contribution in [3.05, 3.63) is 0 Å². The van der Waals surface area contributed by atoms with E-state index in [0.29, 0.717) is 6.54 Å². The van der Waals surface area contributed by atoms with Crippen LogP contribution in [0.2, 0.25) is 0 Å². The Morgan fingerprint density at radius 1 is 1.62 bits per heavy atom. The van der Waals surface area contributed by atoms with Crippen LogP contribution in [0.25, 0.3) is 0 Å². The van der Waals surface area contributed by atoms with Gasteiger partial charge in [0.15, 0.2) is 0 Å². The van der Waals surface area contributed by atoms with E-state index in [1.165, 1.54) is 6.92 Å². The van der Waals surface area contributed by atoms with Gasteiger partial charge in [-0.2, -0.15) is 0 Å². The highest BCUT2D eigenvalue weighted by Crippen LogP contribution is 2.27. The van der Waals surface area contributed by atoms with Crippen LogP contribution in [0.1, 0.15) is 19.8 Å². The SMILES string of the molecule is CC(=O)N[C@@H]([NH2+]C[C@H]1CCCO1)C(Cl)(Cl)Cl. The highest BCUT2D eigenvalue weighted by molar-refractivity contribution is 6.68. The van der Waals surface area contributed by atoms with Gasteiger partial charge in [0.1, 0.15) is 12.6 Å². The molecule has 0 aromatic rings. The largest absolute Gasteiger partial charge is 0.372 e. The fourth-order valence-corrected chi connectivity index (χ4v) is 2.04. The molecule has 0 saturated carbocycles. The number of nitrogens with one attached hydrogen (secondary N) is 1. The van der Waals surface area contributed by atoms with E-state index in [9.17, 15) is 4.79 Å². The number of halogens is 3. The second-order valence-electron chi connectivity index (χ2n) is 3.83. The van der Waals surface area contributed by atoms with Crippen molar-refractivity contribution in [3.63, 3.8) is 0 Å². The number of quaternary nitrogens is 1. The van der Waals surface area contributed by atoms with Crippen molar-refractivity contribution < 1.29 is 14.8 Å². The summed E-state index contributed by atoms with van der Waals surface area (Å²) in [5.74, 6) is -0.222. The fraction of sp³-hybridized carbons (Fsp3) is 0.889. The summed E-state index contributed by atoms with van der Waals surface area (Å²) in [5, 5.41) is 4.39. The van der Waals surface area contributed by atoms with Crippen LogP contribution in [0.15, 0.2) is 0 Å². The molecule has 0 unspecified atom stereocenters. The Morgan fingerprint density at radius 3 is 2.75 bits per heavy atom. The van der Waals surface area contributed by atoms with Gasteiger partial charge < -0.3 is 15.4 Å². The van der Waals surface area contributed by atoms with Crippen molar-refractivity contribution in [2.75, 3.05) is 13.2 Å². The standard InChI is InChI=1S/C9H15Cl3N2O2/c1-6(15)14-8(9(10,11)12)13-5-7-3-2-4-16-7/h7-8,13H,2-5H2,1H3,(H,14,15)/p+1/t7-,8-/m1/s1. The highest BCUT2D eigenvalue weighted by atomic mass is 35.6. The van der Waals surface area contributed by atoms with Crippen molar-refractivity contribution in [3.8, 4) is 0 Å². The number of amides is 1. The number of hydrogen-bond acceptors (Lipinski definition) is 2. The monoisotopic (exact) mass is 289 g/mol. The van der Waals surface area contributed by atoms with E-state index in [2.05, 4.69) is 5.32 Å². The van der Waals surface area contributed by atoms with E-state index in [1.54, 1.807) is 5.32 Å². The van der Waals surface area contributed by atoms with E-state index < -0.39 is 9.96 Å². The number of hydrogen-bond donors (Lipinski definition) is 2. The predicted molar refractivity (Wildman–Crippen MR) is 63.7 cm³/mol. The van der Waals surface area contributed by atoms with Gasteiger partial charge in [0.05, 0.1) is 0 Å². The number of alkyl halides is 3. The Balaban J connectivity index is 2.40. The molecule has 16 heavy (non-hydrogen) atoms. The fourth-order valence-electron chi connectivity index (χ4n) is 1.61. The van der Waals surface area contributed by atoms with Gasteiger partial charge in [0, 0.05) is 13.5 Å². The minimum absolute atomic E-state index is 0.184. The lowest BCUT2D eigenvalue weighted by molar-refractivity contribution is -0.697. The molecule has 3 N–H and O–H groups in total. The van der Waals surface area contributed by atoms with E-state index in [1.807, 2.05) is 0 Å². The third kappa shape index (κ3) is 5.06. The Bertz CT molecular complexity index is 239. The molecule has 1 amide bonds. The van der Waals surface area contributed by atoms with Crippen LogP contribution in [0.3, 0.4) is 0 Å². The number of carbonyl (C=O) groups excluding carboxylic acids is 1. The molecule has 1 fully saturated rings. The van der Waals surface area contributed by atoms with Gasteiger partial charge in [-0.1, -0.05) is 34.8 Å². The van der Waals surface area contributed by atoms with Gasteiger partial charge in [0.2, 0.25) is 12.1 Å². The van der Waals surface area contributed by atoms with Crippen LogP contribution < -0.4 is 10.6 Å². The molecule has 0 aromatic heterocycles. The molecule has 94 valence electrons. The smallest absolute Gasteiger partial charge is 0.262 e. The average molecular weight is 291 g/mol. The van der Waals surface area contributed by atoms with Crippen molar-refractivity contribution in [1.29, 1.82) is 0 Å². The Hall–Kier alpha value is 0.260. The minimum Gasteiger partial charge on any atom is -0.372 e. The van der Waals surface area contributed by atoms with E-state index >= 15 is 0 Å². The van der Waals surface area contributed by atoms with Gasteiger partial charge in [-0.05, 0) is 12.8 Å². The molecule has 0 radical (unpaired) electrons. The summed E-state index contributed by atoms with van der Waals surface area (Å²) in [5.41, 5.74) is 0. The topological polar surface area (TPSA) is 54.9 Å². The maximum atomic E-state index is 11.0. The predicted octanol–water partition coefficient (Wildman–Crippen LogP) is 0.561. The second-order valence-corrected chi connectivity index (χ2v) is 6.20.